The number of rotatable bonds is 4. The molecule has 92 valence electrons. The topological polar surface area (TPSA) is 36.9 Å². The highest BCUT2D eigenvalue weighted by Gasteiger charge is 2.44. The highest BCUT2D eigenvalue weighted by atomic mass is 28.4. The van der Waals surface area contributed by atoms with Gasteiger partial charge in [0.05, 0.1) is 0 Å². The molecule has 1 aromatic rings. The van der Waals surface area contributed by atoms with Gasteiger partial charge in [-0.1, -0.05) is 0 Å². The van der Waals surface area contributed by atoms with Gasteiger partial charge in [0.1, 0.15) is 11.9 Å². The van der Waals surface area contributed by atoms with E-state index in [1.807, 2.05) is 0 Å². The van der Waals surface area contributed by atoms with Gasteiger partial charge in [0.25, 0.3) is 0 Å². The van der Waals surface area contributed by atoms with E-state index in [-0.39, 0.29) is 5.82 Å². The van der Waals surface area contributed by atoms with Crippen molar-refractivity contribution in [2.75, 3.05) is 21.3 Å². The van der Waals surface area contributed by atoms with E-state index in [9.17, 15) is 4.39 Å². The van der Waals surface area contributed by atoms with Gasteiger partial charge in [0.15, 0.2) is 0 Å². The Kier molecular flexibility index (Phi) is 5.12. The minimum atomic E-state index is -3.13. The first-order valence-corrected chi connectivity index (χ1v) is 6.39. The van der Waals surface area contributed by atoms with E-state index in [1.165, 1.54) is 33.5 Å². The molecule has 0 bridgehead atoms. The fourth-order valence-electron chi connectivity index (χ4n) is 1.06. The van der Waals surface area contributed by atoms with E-state index in [1.54, 1.807) is 12.1 Å². The predicted octanol–water partition coefficient (Wildman–Crippen LogP) is 1.53. The van der Waals surface area contributed by atoms with Crippen molar-refractivity contribution in [3.8, 4) is 12.0 Å². The van der Waals surface area contributed by atoms with Crippen LogP contribution in [0.3, 0.4) is 0 Å². The zero-order valence-electron chi connectivity index (χ0n) is 9.82. The molecule has 0 spiro atoms. The van der Waals surface area contributed by atoms with E-state index >= 15 is 0 Å². The smallest absolute Gasteiger partial charge is 0.429 e. The second kappa shape index (κ2) is 6.37. The summed E-state index contributed by atoms with van der Waals surface area (Å²) in [6.07, 6.45) is 2.43. The van der Waals surface area contributed by atoms with Crippen LogP contribution in [0.1, 0.15) is 5.56 Å². The molecule has 0 saturated carbocycles. The maximum atomic E-state index is 12.6. The summed E-state index contributed by atoms with van der Waals surface area (Å²) >= 11 is 0. The molecule has 0 aliphatic rings. The van der Waals surface area contributed by atoms with E-state index in [2.05, 4.69) is 12.0 Å². The van der Waals surface area contributed by atoms with Gasteiger partial charge in [-0.25, -0.2) is 4.39 Å². The molecule has 0 saturated heterocycles. The molecule has 0 atom stereocenters. The summed E-state index contributed by atoms with van der Waals surface area (Å²) in [5.74, 6) is 2.37. The largest absolute Gasteiger partial charge is 0.757 e. The average molecular weight is 256 g/mol. The van der Waals surface area contributed by atoms with E-state index in [0.29, 0.717) is 5.56 Å². The van der Waals surface area contributed by atoms with Crippen molar-refractivity contribution in [2.24, 2.45) is 0 Å². The van der Waals surface area contributed by atoms with Crippen LogP contribution in [0, 0.1) is 17.8 Å². The van der Waals surface area contributed by atoms with E-state index in [0.717, 1.165) is 0 Å². The third-order valence-electron chi connectivity index (χ3n) is 1.97. The van der Waals surface area contributed by atoms with Gasteiger partial charge in [-0.3, -0.25) is 0 Å². The Morgan fingerprint density at radius 3 is 2.00 bits per heavy atom. The first-order chi connectivity index (χ1) is 8.15. The van der Waals surface area contributed by atoms with Gasteiger partial charge in [0.2, 0.25) is 0 Å². The minimum absolute atomic E-state index is 0.314. The van der Waals surface area contributed by atoms with Crippen molar-refractivity contribution >= 4 is 9.05 Å². The predicted molar refractivity (Wildman–Crippen MR) is 61.1 cm³/mol. The fourth-order valence-corrected chi connectivity index (χ4v) is 1.98. The van der Waals surface area contributed by atoms with Crippen molar-refractivity contribution in [3.05, 3.63) is 35.6 Å². The van der Waals surface area contributed by atoms with Crippen LogP contribution in [0.4, 0.5) is 4.39 Å². The van der Waals surface area contributed by atoms with Crippen molar-refractivity contribution in [1.29, 1.82) is 0 Å². The summed E-state index contributed by atoms with van der Waals surface area (Å²) in [6, 6.07) is 5.72. The number of hydrogen-bond donors (Lipinski definition) is 0. The summed E-state index contributed by atoms with van der Waals surface area (Å²) in [4.78, 5) is 0. The third-order valence-corrected chi connectivity index (χ3v) is 3.82. The maximum absolute atomic E-state index is 12.6. The van der Waals surface area contributed by atoms with Gasteiger partial charge in [-0.2, -0.15) is 0 Å². The Hall–Kier alpha value is -1.39. The van der Waals surface area contributed by atoms with Crippen LogP contribution >= 0.6 is 0 Å². The summed E-state index contributed by atoms with van der Waals surface area (Å²) < 4.78 is 32.8. The highest BCUT2D eigenvalue weighted by molar-refractivity contribution is 6.53. The Bertz CT molecular complexity index is 397. The molecule has 4 nitrogen and oxygen atoms in total. The van der Waals surface area contributed by atoms with Crippen LogP contribution in [0.5, 0.6) is 0 Å². The molecule has 0 amide bonds. The molecule has 0 aliphatic heterocycles. The van der Waals surface area contributed by atoms with Crippen LogP contribution in [0.15, 0.2) is 24.3 Å². The molecular formula is C11H13FO4Si. The molecule has 1 aromatic carbocycles. The average Bonchev–Trinajstić information content (AvgIpc) is 2.38. The van der Waals surface area contributed by atoms with Gasteiger partial charge in [-0.15, -0.1) is 0 Å². The quantitative estimate of drug-likeness (QED) is 0.604. The second-order valence-corrected chi connectivity index (χ2v) is 5.38. The normalized spacial score (nSPS) is 10.6. The molecule has 0 radical (unpaired) electrons. The van der Waals surface area contributed by atoms with Crippen LogP contribution < -0.4 is 0 Å². The van der Waals surface area contributed by atoms with Gasteiger partial charge < -0.3 is 17.7 Å². The molecule has 0 fully saturated rings. The SMILES string of the molecule is CO[Si](OC)(OC)OC#Cc1ccc(F)cc1. The second-order valence-electron chi connectivity index (χ2n) is 2.95. The van der Waals surface area contributed by atoms with Gasteiger partial charge in [-0.05, 0) is 30.2 Å². The standard InChI is InChI=1S/C11H13FO4Si/c1-13-17(14-2,15-3)16-9-8-10-4-6-11(12)7-5-10/h4-7H,1-3H3. The molecule has 17 heavy (non-hydrogen) atoms. The summed E-state index contributed by atoms with van der Waals surface area (Å²) in [5.41, 5.74) is 0.623. The molecule has 1 rings (SSSR count). The molecule has 0 aliphatic carbocycles. The van der Waals surface area contributed by atoms with Gasteiger partial charge in [0, 0.05) is 26.9 Å². The third kappa shape index (κ3) is 3.83. The first-order valence-electron chi connectivity index (χ1n) is 4.76. The zero-order chi connectivity index (χ0) is 12.7. The monoisotopic (exact) mass is 256 g/mol. The lowest BCUT2D eigenvalue weighted by Gasteiger charge is -2.18. The Morgan fingerprint density at radius 1 is 1.00 bits per heavy atom. The van der Waals surface area contributed by atoms with Crippen molar-refractivity contribution in [2.45, 2.75) is 0 Å². The summed E-state index contributed by atoms with van der Waals surface area (Å²) in [7, 11) is 1.12. The Morgan fingerprint density at radius 2 is 1.53 bits per heavy atom. The Labute approximate surface area is 101 Å². The van der Waals surface area contributed by atoms with Gasteiger partial charge >= 0.3 is 9.05 Å². The number of hydrogen-bond acceptors (Lipinski definition) is 4. The van der Waals surface area contributed by atoms with Crippen molar-refractivity contribution in [1.82, 2.24) is 0 Å². The lowest BCUT2D eigenvalue weighted by atomic mass is 10.2. The van der Waals surface area contributed by atoms with Crippen molar-refractivity contribution in [3.63, 3.8) is 0 Å². The van der Waals surface area contributed by atoms with E-state index in [4.69, 9.17) is 17.7 Å². The summed E-state index contributed by atoms with van der Waals surface area (Å²) in [5, 5.41) is 0. The van der Waals surface area contributed by atoms with Crippen LogP contribution in [-0.2, 0) is 17.7 Å². The molecule has 6 heteroatoms. The maximum Gasteiger partial charge on any atom is 0.757 e. The molecule has 0 N–H and O–H groups in total. The Balaban J connectivity index is 2.70. The molecular weight excluding hydrogens is 243 g/mol. The highest BCUT2D eigenvalue weighted by Crippen LogP contribution is 2.07. The molecule has 0 aromatic heterocycles. The summed E-state index contributed by atoms with van der Waals surface area (Å²) in [6.45, 7) is 0. The lowest BCUT2D eigenvalue weighted by Crippen LogP contribution is -2.45. The van der Waals surface area contributed by atoms with Crippen LogP contribution in [0.2, 0.25) is 0 Å². The zero-order valence-corrected chi connectivity index (χ0v) is 10.8. The molecule has 0 heterocycles. The minimum Gasteiger partial charge on any atom is -0.429 e. The lowest BCUT2D eigenvalue weighted by molar-refractivity contribution is 0.0409. The van der Waals surface area contributed by atoms with Crippen LogP contribution in [-0.4, -0.2) is 30.4 Å². The van der Waals surface area contributed by atoms with E-state index < -0.39 is 9.05 Å². The molecule has 0 unspecified atom stereocenters. The first kappa shape index (κ1) is 13.7. The number of benzene rings is 1. The van der Waals surface area contributed by atoms with Crippen molar-refractivity contribution < 1.29 is 22.1 Å². The number of halogens is 1. The fraction of sp³-hybridized carbons (Fsp3) is 0.273. The van der Waals surface area contributed by atoms with Crippen LogP contribution in [0.25, 0.3) is 0 Å².